The van der Waals surface area contributed by atoms with Gasteiger partial charge in [0.2, 0.25) is 20.0 Å². The molecule has 0 aromatic heterocycles. The number of aryl methyl sites for hydroxylation is 2. The molecule has 4 aromatic carbocycles. The molecule has 10 nitrogen and oxygen atoms in total. The largest absolute Gasteiger partial charge is 0.504 e. The van der Waals surface area contributed by atoms with E-state index < -0.39 is 31.7 Å². The van der Waals surface area contributed by atoms with Gasteiger partial charge in [-0.3, -0.25) is 0 Å². The highest BCUT2D eigenvalue weighted by molar-refractivity contribution is 9.69. The van der Waals surface area contributed by atoms with E-state index in [1.54, 1.807) is 18.2 Å². The van der Waals surface area contributed by atoms with Crippen LogP contribution in [0.25, 0.3) is 0 Å². The molecule has 0 unspecified atom stereocenters. The molecule has 4 aromatic rings. The number of halogens is 7. The van der Waals surface area contributed by atoms with E-state index >= 15 is 0 Å². The van der Waals surface area contributed by atoms with E-state index in [0.29, 0.717) is 11.5 Å². The summed E-state index contributed by atoms with van der Waals surface area (Å²) in [6, 6.07) is 16.3. The molecule has 0 amide bonds. The molecule has 0 atom stereocenters. The monoisotopic (exact) mass is 968 g/mol. The second-order valence-electron chi connectivity index (χ2n) is 9.32. The first kappa shape index (κ1) is 45.9. The number of phenols is 1. The van der Waals surface area contributed by atoms with E-state index in [1.165, 1.54) is 31.4 Å². The average molecular weight is 972 g/mol. The fourth-order valence-corrected chi connectivity index (χ4v) is 4.66. The van der Waals surface area contributed by atoms with Gasteiger partial charge in [0.15, 0.2) is 46.1 Å². The van der Waals surface area contributed by atoms with Crippen molar-refractivity contribution in [1.82, 2.24) is 0 Å². The number of primary sulfonamides is 2. The Kier molecular flexibility index (Phi) is 20.2. The lowest BCUT2D eigenvalue weighted by atomic mass is 10.1. The Bertz CT molecular complexity index is 1930. The van der Waals surface area contributed by atoms with E-state index in [-0.39, 0.29) is 41.3 Å². The van der Waals surface area contributed by atoms with Gasteiger partial charge in [-0.15, -0.1) is 70.5 Å². The highest BCUT2D eigenvalue weighted by Gasteiger charge is 2.16. The van der Waals surface area contributed by atoms with Crippen LogP contribution in [0.4, 0.5) is 8.78 Å². The van der Waals surface area contributed by atoms with Gasteiger partial charge in [-0.25, -0.2) is 35.9 Å². The Morgan fingerprint density at radius 1 is 0.680 bits per heavy atom. The Labute approximate surface area is 325 Å². The van der Waals surface area contributed by atoms with Crippen molar-refractivity contribution in [2.24, 2.45) is 10.3 Å². The summed E-state index contributed by atoms with van der Waals surface area (Å²) in [4.78, 5) is -0.663. The lowest BCUT2D eigenvalue weighted by Gasteiger charge is -2.12. The Morgan fingerprint density at radius 2 is 1.04 bits per heavy atom. The van der Waals surface area contributed by atoms with Crippen LogP contribution in [0.15, 0.2) is 82.6 Å². The number of hydrogen-bond donors (Lipinski definition) is 3. The normalized spacial score (nSPS) is 10.6. The Morgan fingerprint density at radius 3 is 1.38 bits per heavy atom. The van der Waals surface area contributed by atoms with E-state index in [9.17, 15) is 30.7 Å². The number of rotatable bonds is 9. The summed E-state index contributed by atoms with van der Waals surface area (Å²) in [6.07, 6.45) is 1.57. The molecule has 20 heteroatoms. The molecule has 0 spiro atoms. The fourth-order valence-electron chi connectivity index (χ4n) is 3.60. The van der Waals surface area contributed by atoms with Gasteiger partial charge in [0.05, 0.1) is 22.2 Å². The molecular weight excluding hydrogens is 940 g/mol. The third-order valence-electron chi connectivity index (χ3n) is 5.97. The first-order valence-electron chi connectivity index (χ1n) is 13.8. The van der Waals surface area contributed by atoms with Gasteiger partial charge in [0.25, 0.3) is 0 Å². The van der Waals surface area contributed by atoms with Crippen LogP contribution in [0, 0.1) is 11.6 Å². The van der Waals surface area contributed by atoms with Gasteiger partial charge in [0.1, 0.15) is 0 Å². The zero-order chi connectivity index (χ0) is 38.2. The molecule has 4 rings (SSSR count). The molecule has 0 radical (unpaired) electrons. The highest BCUT2D eigenvalue weighted by Crippen LogP contribution is 2.35. The molecule has 274 valence electrons. The number of alkyl halides is 2. The third kappa shape index (κ3) is 16.0. The zero-order valence-electron chi connectivity index (χ0n) is 26.5. The zero-order valence-corrected chi connectivity index (χ0v) is 34.5. The van der Waals surface area contributed by atoms with Gasteiger partial charge in [-0.2, -0.15) is 0 Å². The summed E-state index contributed by atoms with van der Waals surface area (Å²) < 4.78 is 88.5. The summed E-state index contributed by atoms with van der Waals surface area (Å²) >= 11 is 18.8. The maximum absolute atomic E-state index is 14.0. The van der Waals surface area contributed by atoms with E-state index in [0.717, 1.165) is 48.2 Å². The van der Waals surface area contributed by atoms with Crippen molar-refractivity contribution in [3.63, 3.8) is 0 Å². The molecule has 0 aliphatic heterocycles. The average Bonchev–Trinajstić information content (AvgIpc) is 3.03. The third-order valence-corrected chi connectivity index (χ3v) is 7.79. The number of sulfonamides is 2. The molecule has 0 bridgehead atoms. The van der Waals surface area contributed by atoms with Crippen molar-refractivity contribution in [2.45, 2.75) is 36.5 Å². The Hall–Kier alpha value is -2.16. The number of methoxy groups -OCH3 is 1. The summed E-state index contributed by atoms with van der Waals surface area (Å²) in [6.45, 7) is 3.93. The van der Waals surface area contributed by atoms with Crippen LogP contribution in [-0.4, -0.2) is 37.6 Å². The SMILES string of the molecule is BrB(Br)Br.CCc1ccc(Oc2ccc(S(N)(=O)=O)cc2F)c(O)c1.CCc1ccc(Oc2ccc(S(N)(=O)=O)cc2F)c(OC)c1.ClCCl. The number of nitrogens with two attached hydrogens (primary N) is 2. The maximum Gasteiger partial charge on any atom is 0.369 e. The standard InChI is InChI=1S/C15H16FNO4S.C14H14FNO4S.CH2Cl2.BBr3/c1-3-10-4-6-14(15(8-10)20-2)21-13-7-5-11(9-12(13)16)22(17,18)19;1-2-9-3-5-14(12(17)7-9)20-13-6-4-10(8-11(13)15)21(16,18)19;2-1-3;2-1(3)4/h4-9H,3H2,1-2H3,(H2,17,18,19);3-8,17H,2H2,1H3,(H2,16,18,19);1H2;. The van der Waals surface area contributed by atoms with Crippen LogP contribution < -0.4 is 24.5 Å². The highest BCUT2D eigenvalue weighted by atomic mass is 79.9. The number of benzene rings is 4. The van der Waals surface area contributed by atoms with Crippen LogP contribution in [0.5, 0.6) is 34.5 Å². The Balaban J connectivity index is 0.000000422. The first-order valence-corrected chi connectivity index (χ1v) is 20.7. The van der Waals surface area contributed by atoms with Crippen LogP contribution >= 0.6 is 70.5 Å². The van der Waals surface area contributed by atoms with Crippen LogP contribution in [-0.2, 0) is 32.9 Å². The number of hydrogen-bond acceptors (Lipinski definition) is 8. The summed E-state index contributed by atoms with van der Waals surface area (Å²) in [5.74, 6) is -1.28. The topological polar surface area (TPSA) is 168 Å². The predicted molar refractivity (Wildman–Crippen MR) is 205 cm³/mol. The van der Waals surface area contributed by atoms with Crippen molar-refractivity contribution in [2.75, 3.05) is 12.4 Å². The number of ether oxygens (including phenoxy) is 3. The van der Waals surface area contributed by atoms with E-state index in [1.807, 2.05) is 19.9 Å². The molecule has 50 heavy (non-hydrogen) atoms. The lowest BCUT2D eigenvalue weighted by Crippen LogP contribution is -2.12. The summed E-state index contributed by atoms with van der Waals surface area (Å²) in [5.41, 5.74) is 1.96. The summed E-state index contributed by atoms with van der Waals surface area (Å²) in [7, 11) is -6.45. The molecule has 0 saturated heterocycles. The molecule has 5 N–H and O–H groups in total. The van der Waals surface area contributed by atoms with Gasteiger partial charge in [0, 0.05) is 0 Å². The van der Waals surface area contributed by atoms with Gasteiger partial charge in [-0.05, 0) is 84.6 Å². The maximum atomic E-state index is 14.0. The van der Waals surface area contributed by atoms with Crippen LogP contribution in [0.1, 0.15) is 25.0 Å². The molecule has 0 aliphatic rings. The van der Waals surface area contributed by atoms with Crippen molar-refractivity contribution in [3.05, 3.63) is 95.6 Å². The van der Waals surface area contributed by atoms with Crippen molar-refractivity contribution >= 4 is 93.7 Å². The lowest BCUT2D eigenvalue weighted by molar-refractivity contribution is 0.370. The predicted octanol–water partition coefficient (Wildman–Crippen LogP) is 8.95. The minimum atomic E-state index is -3.98. The second kappa shape index (κ2) is 22.0. The first-order chi connectivity index (χ1) is 23.3. The molecule has 0 aliphatic carbocycles. The molecule has 0 saturated carbocycles. The quantitative estimate of drug-likeness (QED) is 0.110. The van der Waals surface area contributed by atoms with Gasteiger partial charge >= 0.3 is 3.18 Å². The van der Waals surface area contributed by atoms with Crippen LogP contribution in [0.3, 0.4) is 0 Å². The minimum Gasteiger partial charge on any atom is -0.504 e. The van der Waals surface area contributed by atoms with Crippen LogP contribution in [0.2, 0.25) is 0 Å². The molecule has 0 fully saturated rings. The fraction of sp³-hybridized carbons (Fsp3) is 0.200. The minimum absolute atomic E-state index is 0.0782. The second-order valence-corrected chi connectivity index (χ2v) is 19.7. The van der Waals surface area contributed by atoms with Gasteiger partial charge in [-0.1, -0.05) is 26.0 Å². The number of phenolic OH excluding ortho intramolecular Hbond substituents is 1. The summed E-state index contributed by atoms with van der Waals surface area (Å²) in [5, 5.41) is 19.8. The van der Waals surface area contributed by atoms with Crippen molar-refractivity contribution in [1.29, 1.82) is 0 Å². The van der Waals surface area contributed by atoms with Crippen molar-refractivity contribution < 1.29 is 44.9 Å². The smallest absolute Gasteiger partial charge is 0.369 e. The molecule has 0 heterocycles. The van der Waals surface area contributed by atoms with Gasteiger partial charge < -0.3 is 19.3 Å². The van der Waals surface area contributed by atoms with Crippen molar-refractivity contribution in [3.8, 4) is 34.5 Å². The van der Waals surface area contributed by atoms with E-state index in [2.05, 4.69) is 47.3 Å². The number of aromatic hydroxyl groups is 1. The molecular formula is C30H32BBr3Cl2F2N2O8S2. The van der Waals surface area contributed by atoms with E-state index in [4.69, 9.17) is 47.7 Å².